The fourth-order valence-corrected chi connectivity index (χ4v) is 4.76. The molecule has 0 saturated heterocycles. The fourth-order valence-electron chi connectivity index (χ4n) is 3.97. The largest absolute Gasteiger partial charge is 0.493 e. The molecule has 0 atom stereocenters. The highest BCUT2D eigenvalue weighted by molar-refractivity contribution is 7.91. The van der Waals surface area contributed by atoms with Gasteiger partial charge in [-0.25, -0.2) is 18.4 Å². The summed E-state index contributed by atoms with van der Waals surface area (Å²) >= 11 is 6.55. The normalized spacial score (nSPS) is 13.3. The minimum Gasteiger partial charge on any atom is -0.493 e. The predicted octanol–water partition coefficient (Wildman–Crippen LogP) is 4.57. The summed E-state index contributed by atoms with van der Waals surface area (Å²) < 4.78 is 36.3. The van der Waals surface area contributed by atoms with E-state index in [1.807, 2.05) is 47.2 Å². The number of ether oxygens (including phenoxy) is 2. The maximum atomic E-state index is 11.8. The summed E-state index contributed by atoms with van der Waals surface area (Å²) in [6.07, 6.45) is 6.77. The maximum Gasteiger partial charge on any atom is 0.235 e. The number of hydrogen-bond acceptors (Lipinski definition) is 8. The van der Waals surface area contributed by atoms with Crippen molar-refractivity contribution in [1.82, 2.24) is 19.9 Å². The SMILES string of the molecule is CS(=O)(=O)CC(=O)NCCn1ccc2ncnc(Nc3ccc(Oc4cccc(OCC5CC5)c4)c(Cl)c3)c21. The number of carbonyl (C=O) groups is 1. The number of nitrogens with zero attached hydrogens (tertiary/aromatic N) is 3. The molecule has 1 amide bonds. The lowest BCUT2D eigenvalue weighted by Crippen LogP contribution is -2.32. The maximum absolute atomic E-state index is 11.8. The number of hydrogen-bond donors (Lipinski definition) is 2. The standard InChI is InChI=1S/C27H28ClN5O5S/c1-39(35,36)16-25(34)29-10-12-33-11-9-23-26(33)27(31-17-30-23)32-19-7-8-24(22(28)13-19)38-21-4-2-3-20(14-21)37-15-18-5-6-18/h2-4,7-9,11,13-14,17-18H,5-6,10,12,15-16H2,1H3,(H,29,34)(H,30,31,32). The van der Waals surface area contributed by atoms with Gasteiger partial charge in [-0.1, -0.05) is 17.7 Å². The lowest BCUT2D eigenvalue weighted by atomic mass is 10.2. The van der Waals surface area contributed by atoms with E-state index in [2.05, 4.69) is 20.6 Å². The lowest BCUT2D eigenvalue weighted by Gasteiger charge is -2.13. The Balaban J connectivity index is 1.26. The van der Waals surface area contributed by atoms with E-state index >= 15 is 0 Å². The van der Waals surface area contributed by atoms with Crippen LogP contribution in [-0.4, -0.2) is 54.0 Å². The number of benzene rings is 2. The van der Waals surface area contributed by atoms with Gasteiger partial charge in [-0.05, 0) is 55.2 Å². The van der Waals surface area contributed by atoms with Crippen LogP contribution in [-0.2, 0) is 21.2 Å². The van der Waals surface area contributed by atoms with Crippen molar-refractivity contribution >= 4 is 49.9 Å². The summed E-state index contributed by atoms with van der Waals surface area (Å²) in [5.74, 6) is 2.02. The van der Waals surface area contributed by atoms with Gasteiger partial charge in [0.2, 0.25) is 5.91 Å². The van der Waals surface area contributed by atoms with E-state index in [4.69, 9.17) is 21.1 Å². The smallest absolute Gasteiger partial charge is 0.235 e. The number of anilines is 2. The van der Waals surface area contributed by atoms with E-state index in [0.29, 0.717) is 46.0 Å². The van der Waals surface area contributed by atoms with Crippen LogP contribution in [0.4, 0.5) is 11.5 Å². The summed E-state index contributed by atoms with van der Waals surface area (Å²) in [4.78, 5) is 20.5. The first-order valence-electron chi connectivity index (χ1n) is 12.4. The number of sulfone groups is 1. The zero-order chi connectivity index (χ0) is 27.4. The van der Waals surface area contributed by atoms with E-state index in [0.717, 1.165) is 24.1 Å². The Kier molecular flexibility index (Phi) is 7.89. The molecule has 2 aromatic carbocycles. The summed E-state index contributed by atoms with van der Waals surface area (Å²) in [7, 11) is -3.39. The predicted molar refractivity (Wildman–Crippen MR) is 150 cm³/mol. The molecule has 1 fully saturated rings. The van der Waals surface area contributed by atoms with Gasteiger partial charge in [0.15, 0.2) is 15.7 Å². The van der Waals surface area contributed by atoms with Crippen LogP contribution in [0.2, 0.25) is 5.02 Å². The summed E-state index contributed by atoms with van der Waals surface area (Å²) in [5, 5.41) is 6.32. The molecule has 1 saturated carbocycles. The average Bonchev–Trinajstić information content (AvgIpc) is 3.62. The van der Waals surface area contributed by atoms with E-state index in [-0.39, 0.29) is 6.54 Å². The van der Waals surface area contributed by atoms with Gasteiger partial charge in [-0.3, -0.25) is 4.79 Å². The Morgan fingerprint density at radius 3 is 2.72 bits per heavy atom. The van der Waals surface area contributed by atoms with Crippen molar-refractivity contribution in [1.29, 1.82) is 0 Å². The first-order chi connectivity index (χ1) is 18.7. The van der Waals surface area contributed by atoms with Gasteiger partial charge in [0.1, 0.15) is 34.8 Å². The third-order valence-corrected chi connectivity index (χ3v) is 7.11. The third-order valence-electron chi connectivity index (χ3n) is 6.03. The lowest BCUT2D eigenvalue weighted by molar-refractivity contribution is -0.118. The molecule has 0 spiro atoms. The Hall–Kier alpha value is -3.83. The summed E-state index contributed by atoms with van der Waals surface area (Å²) in [6.45, 7) is 1.37. The van der Waals surface area contributed by atoms with Crippen LogP contribution in [0.1, 0.15) is 12.8 Å². The van der Waals surface area contributed by atoms with Crippen molar-refractivity contribution in [2.45, 2.75) is 19.4 Å². The van der Waals surface area contributed by atoms with Crippen LogP contribution in [0.25, 0.3) is 11.0 Å². The van der Waals surface area contributed by atoms with Crippen LogP contribution in [0, 0.1) is 5.92 Å². The summed E-state index contributed by atoms with van der Waals surface area (Å²) in [5.41, 5.74) is 2.14. The van der Waals surface area contributed by atoms with Crippen LogP contribution in [0.3, 0.4) is 0 Å². The molecule has 5 rings (SSSR count). The van der Waals surface area contributed by atoms with Crippen molar-refractivity contribution in [3.05, 3.63) is 66.1 Å². The number of fused-ring (bicyclic) bond motifs is 1. The second-order valence-corrected chi connectivity index (χ2v) is 12.0. The van der Waals surface area contributed by atoms with Gasteiger partial charge >= 0.3 is 0 Å². The molecule has 12 heteroatoms. The molecule has 1 aliphatic carbocycles. The molecule has 10 nitrogen and oxygen atoms in total. The highest BCUT2D eigenvalue weighted by Gasteiger charge is 2.22. The van der Waals surface area contributed by atoms with E-state index in [9.17, 15) is 13.2 Å². The molecule has 2 N–H and O–H groups in total. The zero-order valence-electron chi connectivity index (χ0n) is 21.3. The minimum atomic E-state index is -3.39. The van der Waals surface area contributed by atoms with Gasteiger partial charge in [0, 0.05) is 37.3 Å². The van der Waals surface area contributed by atoms with Crippen molar-refractivity contribution < 1.29 is 22.7 Å². The molecular weight excluding hydrogens is 542 g/mol. The van der Waals surface area contributed by atoms with Gasteiger partial charge in [-0.2, -0.15) is 0 Å². The first-order valence-corrected chi connectivity index (χ1v) is 14.9. The Bertz CT molecular complexity index is 1600. The van der Waals surface area contributed by atoms with Gasteiger partial charge in [-0.15, -0.1) is 0 Å². The number of halogens is 1. The molecule has 2 aromatic heterocycles. The molecule has 0 unspecified atom stereocenters. The van der Waals surface area contributed by atoms with Crippen LogP contribution < -0.4 is 20.1 Å². The highest BCUT2D eigenvalue weighted by atomic mass is 35.5. The Morgan fingerprint density at radius 1 is 1.13 bits per heavy atom. The number of amides is 1. The topological polar surface area (TPSA) is 124 Å². The molecule has 0 radical (unpaired) electrons. The second kappa shape index (κ2) is 11.5. The molecule has 4 aromatic rings. The number of carbonyl (C=O) groups excluding carboxylic acids is 1. The average molecular weight is 570 g/mol. The van der Waals surface area contributed by atoms with Gasteiger partial charge in [0.05, 0.1) is 17.1 Å². The zero-order valence-corrected chi connectivity index (χ0v) is 22.8. The second-order valence-electron chi connectivity index (χ2n) is 9.49. The van der Waals surface area contributed by atoms with Gasteiger partial charge in [0.25, 0.3) is 0 Å². The van der Waals surface area contributed by atoms with Gasteiger partial charge < -0.3 is 24.7 Å². The molecule has 1 aliphatic rings. The monoisotopic (exact) mass is 569 g/mol. The van der Waals surface area contributed by atoms with Crippen molar-refractivity contribution in [3.8, 4) is 17.2 Å². The van der Waals surface area contributed by atoms with Crippen molar-refractivity contribution in [2.24, 2.45) is 5.92 Å². The van der Waals surface area contributed by atoms with E-state index < -0.39 is 21.5 Å². The fraction of sp³-hybridized carbons (Fsp3) is 0.296. The quantitative estimate of drug-likeness (QED) is 0.254. The number of aromatic nitrogens is 3. The van der Waals surface area contributed by atoms with Crippen molar-refractivity contribution in [2.75, 3.05) is 30.5 Å². The Labute approximate surface area is 231 Å². The molecule has 204 valence electrons. The first kappa shape index (κ1) is 26.8. The molecule has 2 heterocycles. The van der Waals surface area contributed by atoms with Crippen LogP contribution in [0.5, 0.6) is 17.2 Å². The summed E-state index contributed by atoms with van der Waals surface area (Å²) in [6, 6.07) is 14.7. The van der Waals surface area contributed by atoms with Crippen molar-refractivity contribution in [3.63, 3.8) is 0 Å². The minimum absolute atomic E-state index is 0.247. The third kappa shape index (κ3) is 7.39. The number of rotatable bonds is 12. The van der Waals surface area contributed by atoms with Crippen LogP contribution in [0.15, 0.2) is 61.1 Å². The van der Waals surface area contributed by atoms with E-state index in [1.54, 1.807) is 12.1 Å². The molecule has 39 heavy (non-hydrogen) atoms. The molecular formula is C27H28ClN5O5S. The molecule has 0 bridgehead atoms. The number of nitrogens with one attached hydrogen (secondary N) is 2. The van der Waals surface area contributed by atoms with Crippen LogP contribution >= 0.6 is 11.6 Å². The molecule has 0 aliphatic heterocycles. The highest BCUT2D eigenvalue weighted by Crippen LogP contribution is 2.35. The van der Waals surface area contributed by atoms with E-state index in [1.165, 1.54) is 19.2 Å². The Morgan fingerprint density at radius 2 is 1.95 bits per heavy atom.